The lowest BCUT2D eigenvalue weighted by atomic mass is 10.2. The average Bonchev–Trinajstić information content (AvgIpc) is 3.80. The smallest absolute Gasteiger partial charge is 0.472 e. The molecule has 8 aromatic rings. The summed E-state index contributed by atoms with van der Waals surface area (Å²) in [5.41, 5.74) is 11.4. The fourth-order valence-corrected chi connectivity index (χ4v) is 11.7. The van der Waals surface area contributed by atoms with E-state index in [0.717, 1.165) is 15.7 Å². The van der Waals surface area contributed by atoms with E-state index in [1.165, 1.54) is 34.9 Å². The van der Waals surface area contributed by atoms with Crippen LogP contribution in [0.4, 0.5) is 11.9 Å². The molecule has 0 saturated carbocycles. The highest BCUT2D eigenvalue weighted by Gasteiger charge is 2.47. The summed E-state index contributed by atoms with van der Waals surface area (Å²) in [6, 6.07) is 24.5. The Bertz CT molecular complexity index is 4010. The molecule has 0 radical (unpaired) electrons. The molecule has 3 fully saturated rings. The van der Waals surface area contributed by atoms with Crippen LogP contribution in [-0.4, -0.2) is 120 Å². The summed E-state index contributed by atoms with van der Waals surface area (Å²) in [5.74, 6) is 0.465. The number of anilines is 2. The molecular weight excluding hydrogens is 1150 g/mol. The Labute approximate surface area is 473 Å². The van der Waals surface area contributed by atoms with E-state index >= 15 is 0 Å². The van der Waals surface area contributed by atoms with Gasteiger partial charge in [0.2, 0.25) is 11.9 Å². The second kappa shape index (κ2) is 24.5. The Morgan fingerprint density at radius 3 is 1.68 bits per heavy atom. The van der Waals surface area contributed by atoms with Crippen LogP contribution in [0.3, 0.4) is 0 Å². The monoisotopic (exact) mass is 1200 g/mol. The van der Waals surface area contributed by atoms with Gasteiger partial charge >= 0.3 is 21.3 Å². The van der Waals surface area contributed by atoms with Gasteiger partial charge in [-0.2, -0.15) is 9.97 Å². The minimum absolute atomic E-state index is 0.0275. The predicted octanol–water partition coefficient (Wildman–Crippen LogP) is 2.88. The third-order valence-corrected chi connectivity index (χ3v) is 15.9. The largest absolute Gasteiger partial charge is 0.485 e. The van der Waals surface area contributed by atoms with Gasteiger partial charge in [-0.1, -0.05) is 66.7 Å². The predicted molar refractivity (Wildman–Crippen MR) is 292 cm³/mol. The van der Waals surface area contributed by atoms with Gasteiger partial charge in [-0.05, 0) is 35.7 Å². The number of benzene rings is 3. The van der Waals surface area contributed by atoms with Crippen molar-refractivity contribution in [3.05, 3.63) is 162 Å². The van der Waals surface area contributed by atoms with Gasteiger partial charge in [-0.15, -0.1) is 0 Å². The first-order valence-electron chi connectivity index (χ1n) is 26.1. The minimum atomic E-state index is -5.22. The molecule has 8 heterocycles. The third kappa shape index (κ3) is 13.3. The topological polar surface area (TPSA) is 421 Å². The molecule has 3 aliphatic rings. The van der Waals surface area contributed by atoms with Crippen LogP contribution in [0.15, 0.2) is 117 Å². The summed E-state index contributed by atoms with van der Waals surface area (Å²) in [6.45, 7) is 0.152. The quantitative estimate of drug-likeness (QED) is 0.0427. The van der Waals surface area contributed by atoms with Gasteiger partial charge in [0.15, 0.2) is 33.8 Å². The van der Waals surface area contributed by atoms with E-state index in [0.29, 0.717) is 17.1 Å². The molecule has 5 aromatic heterocycles. The number of nitrogen functional groups attached to an aromatic ring is 2. The molecule has 0 amide bonds. The lowest BCUT2D eigenvalue weighted by molar-refractivity contribution is -0.0710. The Morgan fingerprint density at radius 1 is 0.607 bits per heavy atom. The van der Waals surface area contributed by atoms with E-state index in [9.17, 15) is 43.2 Å². The van der Waals surface area contributed by atoms with Crippen LogP contribution < -0.4 is 43.3 Å². The number of aryl methyl sites for hydroxylation is 1. The van der Waals surface area contributed by atoms with E-state index in [4.69, 9.17) is 58.0 Å². The van der Waals surface area contributed by atoms with Gasteiger partial charge < -0.3 is 54.8 Å². The van der Waals surface area contributed by atoms with Gasteiger partial charge in [0, 0.05) is 31.0 Å². The van der Waals surface area contributed by atoms with Gasteiger partial charge in [-0.3, -0.25) is 61.1 Å². The number of aliphatic hydroxyl groups is 1. The molecule has 0 aliphatic carbocycles. The summed E-state index contributed by atoms with van der Waals surface area (Å²) in [7, 11) is -10.4. The summed E-state index contributed by atoms with van der Waals surface area (Å²) < 4.78 is 90.9. The van der Waals surface area contributed by atoms with E-state index in [-0.39, 0.29) is 85.5 Å². The number of phosphoric ester groups is 2. The number of aliphatic hydroxyl groups excluding tert-OH is 1. The average molecular weight is 1200 g/mol. The number of nitrogens with zero attached hydrogens (tertiary/aromatic N) is 7. The lowest BCUT2D eigenvalue weighted by Crippen LogP contribution is -2.33. The lowest BCUT2D eigenvalue weighted by Gasteiger charge is -2.24. The number of aromatic nitrogens is 10. The number of imidazole rings is 2. The first kappa shape index (κ1) is 58.1. The van der Waals surface area contributed by atoms with Crippen molar-refractivity contribution in [2.45, 2.75) is 101 Å². The van der Waals surface area contributed by atoms with Crippen molar-refractivity contribution >= 4 is 49.9 Å². The molecular formula is C51H56N12O19P2. The Kier molecular flexibility index (Phi) is 16.9. The summed E-state index contributed by atoms with van der Waals surface area (Å²) >= 11 is 0. The molecule has 444 valence electrons. The number of nitrogens with two attached hydrogens (primary N) is 2. The molecule has 0 spiro atoms. The number of phosphoric acid groups is 2. The number of hydrogen-bond donors (Lipinski definition) is 8. The maximum Gasteiger partial charge on any atom is 0.472 e. The zero-order valence-electron chi connectivity index (χ0n) is 44.4. The maximum absolute atomic E-state index is 14.1. The van der Waals surface area contributed by atoms with Gasteiger partial charge in [0.1, 0.15) is 62.4 Å². The second-order valence-electron chi connectivity index (χ2n) is 19.9. The molecule has 11 atom stereocenters. The van der Waals surface area contributed by atoms with Crippen LogP contribution in [0, 0.1) is 6.92 Å². The van der Waals surface area contributed by atoms with Crippen molar-refractivity contribution in [1.82, 2.24) is 48.6 Å². The van der Waals surface area contributed by atoms with Crippen LogP contribution in [0.5, 0.6) is 11.5 Å². The zero-order valence-corrected chi connectivity index (χ0v) is 46.1. The van der Waals surface area contributed by atoms with Gasteiger partial charge in [-0.25, -0.2) is 23.9 Å². The van der Waals surface area contributed by atoms with Crippen molar-refractivity contribution < 1.29 is 70.5 Å². The van der Waals surface area contributed by atoms with Crippen molar-refractivity contribution in [1.29, 1.82) is 0 Å². The standard InChI is InChI=1S/C51H56N12O19P2/c1-27-18-61(51(68)60-46(27)65)40-16-34(37(79-40)22-73-19-30-12-13-32(74-20-28-8-4-2-5-9-28)33(14-30)75-21-29-10-6-3-7-11-29)81-84(71,72)77-24-38-35(17-41(80-38)63-26-55-43-45(63)57-50(53)59-48(43)67)82-83(69,70)76-23-36-31(64)15-39(78-36)62-25-54-42-44(62)56-49(52)58-47(42)66/h2-14,18,25-26,31,34-41,64H,15-17,19-24H2,1H3,(H,69,70)(H,71,72)(H,60,65,68)(H3,52,56,58,66)(H3,53,57,59,67)/t31-,34-,35-,36+,37+,38+,39+,40+,41+/m0/s1. The molecule has 11 rings (SSSR count). The van der Waals surface area contributed by atoms with Gasteiger partial charge in [0.05, 0.1) is 45.2 Å². The Balaban J connectivity index is 0.782. The number of rotatable bonds is 23. The number of aromatic amines is 3. The molecule has 3 saturated heterocycles. The van der Waals surface area contributed by atoms with Crippen molar-refractivity contribution in [3.63, 3.8) is 0 Å². The molecule has 33 heteroatoms. The molecule has 10 N–H and O–H groups in total. The summed E-state index contributed by atoms with van der Waals surface area (Å²) in [4.78, 5) is 96.4. The number of fused-ring (bicyclic) bond motifs is 2. The number of ether oxygens (including phenoxy) is 6. The Morgan fingerprint density at radius 2 is 1.11 bits per heavy atom. The Hall–Kier alpha value is -7.74. The van der Waals surface area contributed by atoms with Crippen LogP contribution in [0.1, 0.15) is 60.2 Å². The highest BCUT2D eigenvalue weighted by molar-refractivity contribution is 7.47. The molecule has 84 heavy (non-hydrogen) atoms. The van der Waals surface area contributed by atoms with E-state index < -0.39 is 107 Å². The highest BCUT2D eigenvalue weighted by atomic mass is 31.2. The number of H-pyrrole nitrogens is 3. The van der Waals surface area contributed by atoms with Crippen molar-refractivity contribution in [2.24, 2.45) is 0 Å². The van der Waals surface area contributed by atoms with Crippen LogP contribution >= 0.6 is 15.6 Å². The number of nitrogens with one attached hydrogen (secondary N) is 3. The van der Waals surface area contributed by atoms with E-state index in [2.05, 4.69) is 34.9 Å². The zero-order chi connectivity index (χ0) is 58.9. The summed E-state index contributed by atoms with van der Waals surface area (Å²) in [5, 5.41) is 10.9. The minimum Gasteiger partial charge on any atom is -0.485 e. The molecule has 0 bridgehead atoms. The van der Waals surface area contributed by atoms with Crippen LogP contribution in [0.25, 0.3) is 22.3 Å². The molecule has 31 nitrogen and oxygen atoms in total. The first-order valence-corrected chi connectivity index (χ1v) is 29.1. The van der Waals surface area contributed by atoms with E-state index in [1.807, 2.05) is 60.7 Å². The molecule has 3 aliphatic heterocycles. The SMILES string of the molecule is Cc1cn([C@H]2C[C@H](OP(=O)(O)OC[C@H]3O[C@@H](n4cnc5c(=O)[nH]c(N)nc54)C[C@@H]3OP(=O)(O)OC[C@H]3O[C@@H](n4cnc5c(=O)[nH]c(N)nc54)C[C@@H]3O)[C@@H](COCc3ccc(OCc4ccccc4)c(OCc4ccccc4)c3)O2)c(=O)[nH]c1=O. The van der Waals surface area contributed by atoms with E-state index in [1.54, 1.807) is 18.2 Å². The second-order valence-corrected chi connectivity index (χ2v) is 22.7. The van der Waals surface area contributed by atoms with Gasteiger partial charge in [0.25, 0.3) is 16.7 Å². The van der Waals surface area contributed by atoms with Crippen LogP contribution in [-0.2, 0) is 66.0 Å². The highest BCUT2D eigenvalue weighted by Crippen LogP contribution is 2.52. The summed E-state index contributed by atoms with van der Waals surface area (Å²) in [6.07, 6.45) is -8.05. The number of hydrogen-bond acceptors (Lipinski definition) is 23. The van der Waals surface area contributed by atoms with Crippen molar-refractivity contribution in [3.8, 4) is 11.5 Å². The maximum atomic E-state index is 14.1. The van der Waals surface area contributed by atoms with Crippen LogP contribution in [0.2, 0.25) is 0 Å². The van der Waals surface area contributed by atoms with Crippen molar-refractivity contribution in [2.75, 3.05) is 31.3 Å². The normalized spacial score (nSPS) is 23.9. The fraction of sp³-hybridized carbons (Fsp3) is 0.373. The molecule has 3 aromatic carbocycles. The fourth-order valence-electron chi connectivity index (χ4n) is 9.78. The third-order valence-electron chi connectivity index (χ3n) is 13.9. The molecule has 2 unspecified atom stereocenters. The first-order chi connectivity index (χ1) is 40.3.